The van der Waals surface area contributed by atoms with Gasteiger partial charge in [-0.25, -0.2) is 4.79 Å². The predicted octanol–water partition coefficient (Wildman–Crippen LogP) is 0.330. The summed E-state index contributed by atoms with van der Waals surface area (Å²) in [4.78, 5) is 27.1. The van der Waals surface area contributed by atoms with Gasteiger partial charge in [0.15, 0.2) is 25.2 Å². The third kappa shape index (κ3) is 24.6. The number of rotatable bonds is 45. The fourth-order valence-corrected chi connectivity index (χ4v) is 13.4. The lowest BCUT2D eigenvalue weighted by atomic mass is 9.88. The molecule has 1 amide bonds. The van der Waals surface area contributed by atoms with Gasteiger partial charge >= 0.3 is 5.97 Å². The molecule has 29 nitrogen and oxygen atoms in total. The monoisotopic (exact) mass is 1370 g/mol. The molecular formula is C66H122N2O27. The van der Waals surface area contributed by atoms with E-state index in [9.17, 15) is 81.1 Å². The highest BCUT2D eigenvalue weighted by Crippen LogP contribution is 2.40. The summed E-state index contributed by atoms with van der Waals surface area (Å²) >= 11 is 0. The summed E-state index contributed by atoms with van der Waals surface area (Å²) in [5.41, 5.74) is 6.13. The molecule has 0 aromatic carbocycles. The molecule has 0 saturated carbocycles. The number of carbonyl (C=O) groups excluding carboxylic acids is 2. The van der Waals surface area contributed by atoms with Crippen molar-refractivity contribution >= 4 is 11.9 Å². The molecule has 5 rings (SSSR count). The van der Waals surface area contributed by atoms with Gasteiger partial charge in [0, 0.05) is 13.3 Å². The molecule has 5 saturated heterocycles. The molecule has 558 valence electrons. The normalized spacial score (nSPS) is 36.9. The zero-order valence-corrected chi connectivity index (χ0v) is 56.8. The van der Waals surface area contributed by atoms with E-state index in [1.165, 1.54) is 122 Å². The molecule has 5 fully saturated rings. The summed E-state index contributed by atoms with van der Waals surface area (Å²) in [6, 6.07) is -3.30. The Labute approximate surface area is 560 Å². The number of aliphatic hydroxyl groups excluding tert-OH is 14. The fraction of sp³-hybridized carbons (Fsp3) is 0.970. The van der Waals surface area contributed by atoms with Gasteiger partial charge in [0.05, 0.1) is 58.4 Å². The summed E-state index contributed by atoms with van der Waals surface area (Å²) < 4.78 is 66.5. The van der Waals surface area contributed by atoms with Crippen molar-refractivity contribution in [3.8, 4) is 0 Å². The van der Waals surface area contributed by atoms with Gasteiger partial charge in [-0.15, -0.1) is 0 Å². The topological polar surface area (TPSA) is 457 Å². The molecule has 29 heteroatoms. The van der Waals surface area contributed by atoms with E-state index in [0.29, 0.717) is 0 Å². The average Bonchev–Trinajstić information content (AvgIpc) is 0.759. The number of carbonyl (C=O) groups is 2. The van der Waals surface area contributed by atoms with Gasteiger partial charge in [0.1, 0.15) is 110 Å². The van der Waals surface area contributed by atoms with Crippen LogP contribution in [0, 0.1) is 5.92 Å². The first-order valence-corrected chi connectivity index (χ1v) is 35.5. The molecule has 0 aromatic heterocycles. The minimum Gasteiger partial charge on any atom is -0.465 e. The lowest BCUT2D eigenvalue weighted by Crippen LogP contribution is -2.72. The van der Waals surface area contributed by atoms with Crippen LogP contribution in [0.25, 0.3) is 0 Å². The first-order valence-electron chi connectivity index (χ1n) is 35.5. The predicted molar refractivity (Wildman–Crippen MR) is 339 cm³/mol. The maximum Gasteiger partial charge on any atom is 0.366 e. The molecule has 0 bridgehead atoms. The van der Waals surface area contributed by atoms with Crippen molar-refractivity contribution in [3.63, 3.8) is 0 Å². The van der Waals surface area contributed by atoms with Crippen LogP contribution in [0.1, 0.15) is 201 Å². The zero-order valence-electron chi connectivity index (χ0n) is 56.8. The van der Waals surface area contributed by atoms with Crippen LogP contribution in [-0.4, -0.2) is 283 Å². The minimum atomic E-state index is -2.89. The summed E-state index contributed by atoms with van der Waals surface area (Å²) in [7, 11) is 0.887. The number of ether oxygens (including phenoxy) is 11. The van der Waals surface area contributed by atoms with Crippen LogP contribution in [0.2, 0.25) is 0 Å². The smallest absolute Gasteiger partial charge is 0.366 e. The second-order valence-electron chi connectivity index (χ2n) is 26.9. The number of nitrogens with two attached hydrogens (primary N) is 1. The minimum absolute atomic E-state index is 0.0612. The zero-order chi connectivity index (χ0) is 69.8. The number of nitrogens with one attached hydrogen (secondary N) is 1. The van der Waals surface area contributed by atoms with Crippen LogP contribution >= 0.6 is 0 Å². The maximum absolute atomic E-state index is 13.7. The number of esters is 1. The molecule has 95 heavy (non-hydrogen) atoms. The molecule has 26 atom stereocenters. The molecule has 0 spiro atoms. The van der Waals surface area contributed by atoms with Crippen molar-refractivity contribution in [2.75, 3.05) is 40.1 Å². The highest BCUT2D eigenvalue weighted by Gasteiger charge is 2.61. The van der Waals surface area contributed by atoms with E-state index in [1.54, 1.807) is 0 Å². The van der Waals surface area contributed by atoms with E-state index in [2.05, 4.69) is 19.2 Å². The first-order chi connectivity index (χ1) is 45.6. The Hall–Kier alpha value is -2.06. The van der Waals surface area contributed by atoms with E-state index >= 15 is 0 Å². The lowest BCUT2D eigenvalue weighted by Gasteiger charge is -2.52. The van der Waals surface area contributed by atoms with Gasteiger partial charge in [0.2, 0.25) is 5.91 Å². The molecular weight excluding hydrogens is 1250 g/mol. The van der Waals surface area contributed by atoms with E-state index < -0.39 is 204 Å². The second kappa shape index (κ2) is 43.7. The van der Waals surface area contributed by atoms with Gasteiger partial charge in [-0.1, -0.05) is 168 Å². The summed E-state index contributed by atoms with van der Waals surface area (Å²) in [6.07, 6.45) is -13.2. The van der Waals surface area contributed by atoms with Crippen LogP contribution in [0.4, 0.5) is 0 Å². The van der Waals surface area contributed by atoms with Crippen LogP contribution in [0.15, 0.2) is 0 Å². The highest BCUT2D eigenvalue weighted by molar-refractivity contribution is 5.78. The van der Waals surface area contributed by atoms with Crippen molar-refractivity contribution in [3.05, 3.63) is 0 Å². The highest BCUT2D eigenvalue weighted by atomic mass is 16.8. The van der Waals surface area contributed by atoms with Crippen molar-refractivity contribution in [1.29, 1.82) is 0 Å². The Balaban J connectivity index is 1.40. The molecule has 0 unspecified atom stereocenters. The van der Waals surface area contributed by atoms with Gasteiger partial charge in [0.25, 0.3) is 5.79 Å². The Bertz CT molecular complexity index is 2060. The largest absolute Gasteiger partial charge is 0.465 e. The van der Waals surface area contributed by atoms with Crippen molar-refractivity contribution in [2.24, 2.45) is 11.7 Å². The number of hydrogen-bond acceptors (Lipinski definition) is 28. The number of aliphatic hydroxyl groups is 14. The van der Waals surface area contributed by atoms with Crippen molar-refractivity contribution in [2.45, 2.75) is 360 Å². The van der Waals surface area contributed by atoms with Crippen molar-refractivity contribution in [1.82, 2.24) is 5.32 Å². The maximum atomic E-state index is 13.7. The molecule has 5 aliphatic rings. The summed E-state index contributed by atoms with van der Waals surface area (Å²) in [5.74, 6) is -5.06. The molecule has 5 heterocycles. The lowest BCUT2D eigenvalue weighted by molar-refractivity contribution is -0.397. The van der Waals surface area contributed by atoms with E-state index in [4.69, 9.17) is 57.8 Å². The van der Waals surface area contributed by atoms with Crippen LogP contribution < -0.4 is 11.1 Å². The molecule has 0 radical (unpaired) electrons. The average molecular weight is 1380 g/mol. The third-order valence-electron chi connectivity index (χ3n) is 19.3. The Morgan fingerprint density at radius 1 is 0.537 bits per heavy atom. The van der Waals surface area contributed by atoms with Crippen LogP contribution in [0.3, 0.4) is 0 Å². The van der Waals surface area contributed by atoms with E-state index in [0.717, 1.165) is 65.4 Å². The molecule has 5 aliphatic heterocycles. The molecule has 0 aliphatic carbocycles. The summed E-state index contributed by atoms with van der Waals surface area (Å²) in [5, 5.41) is 158. The summed E-state index contributed by atoms with van der Waals surface area (Å²) in [6.45, 7) is 3.10. The van der Waals surface area contributed by atoms with Crippen LogP contribution in [0.5, 0.6) is 0 Å². The van der Waals surface area contributed by atoms with E-state index in [-0.39, 0.29) is 12.5 Å². The molecule has 0 aromatic rings. The fourth-order valence-electron chi connectivity index (χ4n) is 13.4. The first kappa shape index (κ1) is 83.6. The Morgan fingerprint density at radius 3 is 1.46 bits per heavy atom. The van der Waals surface area contributed by atoms with E-state index in [1.807, 2.05) is 0 Å². The van der Waals surface area contributed by atoms with Crippen LogP contribution in [-0.2, 0) is 61.7 Å². The SMILES string of the molecule is CCCCCCCCCCCCCCC(CCCCCCCCCCCCCC)CO[C@@H]1O[C@H](CO)[C@H](O)[C@H](O[C@@H]2O[C@H](CO)[C@@H](O[C@@H]3O[C@H](CO)[C@H](O)[C@H](O[C@]4(C(=O)OC)C[C@H](O)[C@@H](N)[C@H]([C@H](O)[C@H](O)CO)O4)[C@H]3O)[C@H](O[C@@H]3O[C@@H](C)[C@@H](O)[C@@H](O)[C@@H]3O)[C@H]2NC(C)=O)[C@H]1O. The molecule has 17 N–H and O–H groups in total. The van der Waals surface area contributed by atoms with Gasteiger partial charge in [-0.2, -0.15) is 0 Å². The quantitative estimate of drug-likeness (QED) is 0.0288. The second-order valence-corrected chi connectivity index (χ2v) is 26.9. The number of unbranched alkanes of at least 4 members (excludes halogenated alkanes) is 22. The van der Waals surface area contributed by atoms with Crippen molar-refractivity contribution < 1.29 is 133 Å². The third-order valence-corrected chi connectivity index (χ3v) is 19.3. The van der Waals surface area contributed by atoms with Gasteiger partial charge in [-0.3, -0.25) is 4.79 Å². The Kier molecular flexibility index (Phi) is 38.4. The standard InChI is InChI=1S/C66H122N2O27/c1-6-8-10-12-14-16-18-20-22-24-26-28-30-40(31-29-27-25-23-21-19-17-15-13-11-9-7-2)37-86-62-54(82)59(50(78)43(34-70)88-62)93-61-47(68-39(4)73)58(92-63-53(81)52(80)48(76)38(3)87-63)56(45(36-72)90-61)91-64-55(83)60(51(79)44(35-71)89-64)95-66(65(84)85-5)32-41(74)46(67)57(94-66)49(77)42(75)33-69/h38,40-64,69-72,74-83H,6-37,67H2,1-5H3,(H,68,73)/t38-,41-,42+,43+,44+,45+,46+,47+,48+,49+,50-,51-,52+,53-,54+,55+,56+,57+,58+,59-,60-,61-,62+,63-,64-,66-/m0/s1. The number of amides is 1. The number of hydrogen-bond donors (Lipinski definition) is 16. The Morgan fingerprint density at radius 2 is 0.979 bits per heavy atom. The number of methoxy groups -OCH3 is 1. The van der Waals surface area contributed by atoms with Gasteiger partial charge in [-0.05, 0) is 25.7 Å². The van der Waals surface area contributed by atoms with Gasteiger partial charge < -0.3 is 135 Å².